The Morgan fingerprint density at radius 1 is 1.83 bits per heavy atom. The SMILES string of the molecule is CCCC([N])F. The van der Waals surface area contributed by atoms with Crippen molar-refractivity contribution in [3.8, 4) is 0 Å². The van der Waals surface area contributed by atoms with E-state index in [0.717, 1.165) is 0 Å². The molecule has 0 N–H and O–H groups in total. The van der Waals surface area contributed by atoms with Gasteiger partial charge in [0.25, 0.3) is 0 Å². The van der Waals surface area contributed by atoms with E-state index in [1.165, 1.54) is 0 Å². The third-order valence-electron chi connectivity index (χ3n) is 0.527. The fraction of sp³-hybridized carbons (Fsp3) is 1.00. The molecule has 2 heteroatoms. The lowest BCUT2D eigenvalue weighted by Crippen LogP contribution is -1.96. The molecular formula is C4H8FN. The standard InChI is InChI=1S/C4H8FN/c1-2-3-4(5)6/h4H,2-3H2,1H3. The van der Waals surface area contributed by atoms with Crippen LogP contribution in [0.3, 0.4) is 0 Å². The number of hydrogen-bond donors (Lipinski definition) is 0. The molecule has 0 aliphatic rings. The molecule has 1 nitrogen and oxygen atoms in total. The Balaban J connectivity index is 2.63. The summed E-state index contributed by atoms with van der Waals surface area (Å²) in [6.07, 6.45) is -0.632. The molecule has 36 valence electrons. The van der Waals surface area contributed by atoms with Crippen molar-refractivity contribution in [2.24, 2.45) is 0 Å². The van der Waals surface area contributed by atoms with E-state index >= 15 is 0 Å². The Kier molecular flexibility index (Phi) is 3.04. The van der Waals surface area contributed by atoms with E-state index in [1.54, 1.807) is 0 Å². The van der Waals surface area contributed by atoms with Crippen LogP contribution >= 0.6 is 0 Å². The summed E-state index contributed by atoms with van der Waals surface area (Å²) in [6, 6.07) is 0. The lowest BCUT2D eigenvalue weighted by Gasteiger charge is -1.89. The van der Waals surface area contributed by atoms with Gasteiger partial charge in [0.05, 0.1) is 0 Å². The highest BCUT2D eigenvalue weighted by Gasteiger charge is 1.93. The van der Waals surface area contributed by atoms with Gasteiger partial charge in [0.15, 0.2) is 6.30 Å². The summed E-state index contributed by atoms with van der Waals surface area (Å²) in [4.78, 5) is 0. The summed E-state index contributed by atoms with van der Waals surface area (Å²) in [7, 11) is 0. The summed E-state index contributed by atoms with van der Waals surface area (Å²) in [5.41, 5.74) is 7.89. The second-order valence-corrected chi connectivity index (χ2v) is 1.22. The first kappa shape index (κ1) is 5.89. The molecule has 0 aromatic rings. The first-order valence-electron chi connectivity index (χ1n) is 2.09. The van der Waals surface area contributed by atoms with Gasteiger partial charge in [0.1, 0.15) is 0 Å². The highest BCUT2D eigenvalue weighted by atomic mass is 19.1. The van der Waals surface area contributed by atoms with Gasteiger partial charge in [0, 0.05) is 0 Å². The van der Waals surface area contributed by atoms with E-state index in [2.05, 4.69) is 0 Å². The Hall–Kier alpha value is -0.110. The van der Waals surface area contributed by atoms with Crippen molar-refractivity contribution in [2.75, 3.05) is 0 Å². The molecule has 0 spiro atoms. The molecule has 2 radical (unpaired) electrons. The second kappa shape index (κ2) is 3.09. The number of nitrogens with zero attached hydrogens (tertiary/aromatic N) is 1. The van der Waals surface area contributed by atoms with E-state index in [0.29, 0.717) is 6.42 Å². The fourth-order valence-corrected chi connectivity index (χ4v) is 0.238. The highest BCUT2D eigenvalue weighted by Crippen LogP contribution is 1.93. The Bertz CT molecular complexity index is 28.7. The molecular weight excluding hydrogens is 81.0 g/mol. The molecule has 0 saturated heterocycles. The van der Waals surface area contributed by atoms with Crippen LogP contribution in [0, 0.1) is 0 Å². The number of rotatable bonds is 2. The Morgan fingerprint density at radius 3 is 2.33 bits per heavy atom. The van der Waals surface area contributed by atoms with Crippen LogP contribution in [0.2, 0.25) is 0 Å². The Labute approximate surface area is 37.3 Å². The molecule has 1 unspecified atom stereocenters. The first-order chi connectivity index (χ1) is 2.77. The van der Waals surface area contributed by atoms with Crippen molar-refractivity contribution in [3.05, 3.63) is 0 Å². The number of halogens is 1. The summed E-state index contributed by atoms with van der Waals surface area (Å²) in [5, 5.41) is 0. The first-order valence-corrected chi connectivity index (χ1v) is 2.09. The zero-order valence-electron chi connectivity index (χ0n) is 3.82. The molecule has 1 atom stereocenters. The minimum atomic E-state index is -1.60. The molecule has 0 fully saturated rings. The van der Waals surface area contributed by atoms with Gasteiger partial charge in [-0.25, -0.2) is 4.39 Å². The van der Waals surface area contributed by atoms with Crippen LogP contribution in [0.1, 0.15) is 19.8 Å². The third-order valence-corrected chi connectivity index (χ3v) is 0.527. The predicted octanol–water partition coefficient (Wildman–Crippen LogP) is 1.15. The van der Waals surface area contributed by atoms with Crippen molar-refractivity contribution in [1.29, 1.82) is 0 Å². The molecule has 0 aliphatic carbocycles. The van der Waals surface area contributed by atoms with E-state index < -0.39 is 6.30 Å². The van der Waals surface area contributed by atoms with Crippen LogP contribution in [0.15, 0.2) is 0 Å². The zero-order valence-corrected chi connectivity index (χ0v) is 3.82. The summed E-state index contributed by atoms with van der Waals surface area (Å²) in [6.45, 7) is 1.82. The largest absolute Gasteiger partial charge is 0.227 e. The van der Waals surface area contributed by atoms with E-state index in [9.17, 15) is 4.39 Å². The van der Waals surface area contributed by atoms with Gasteiger partial charge in [-0.1, -0.05) is 13.3 Å². The molecule has 6 heavy (non-hydrogen) atoms. The van der Waals surface area contributed by atoms with Gasteiger partial charge in [-0.05, 0) is 6.42 Å². The van der Waals surface area contributed by atoms with Gasteiger partial charge < -0.3 is 0 Å². The molecule has 0 aromatic heterocycles. The topological polar surface area (TPSA) is 22.3 Å². The van der Waals surface area contributed by atoms with Crippen molar-refractivity contribution in [3.63, 3.8) is 0 Å². The quantitative estimate of drug-likeness (QED) is 0.453. The monoisotopic (exact) mass is 89.1 g/mol. The molecule has 0 amide bonds. The molecule has 0 aromatic carbocycles. The van der Waals surface area contributed by atoms with Gasteiger partial charge in [-0.2, -0.15) is 0 Å². The van der Waals surface area contributed by atoms with Crippen LogP contribution in [0.5, 0.6) is 0 Å². The summed E-state index contributed by atoms with van der Waals surface area (Å²) in [5.74, 6) is 0. The van der Waals surface area contributed by atoms with Gasteiger partial charge >= 0.3 is 0 Å². The minimum Gasteiger partial charge on any atom is -0.227 e. The van der Waals surface area contributed by atoms with Gasteiger partial charge in [0.2, 0.25) is 0 Å². The Morgan fingerprint density at radius 2 is 2.33 bits per heavy atom. The third kappa shape index (κ3) is 3.89. The van der Waals surface area contributed by atoms with Crippen LogP contribution in [0.25, 0.3) is 0 Å². The van der Waals surface area contributed by atoms with Crippen molar-refractivity contribution in [1.82, 2.24) is 5.73 Å². The zero-order chi connectivity index (χ0) is 4.99. The summed E-state index contributed by atoms with van der Waals surface area (Å²) < 4.78 is 11.3. The van der Waals surface area contributed by atoms with Crippen LogP contribution in [-0.2, 0) is 0 Å². The molecule has 0 rings (SSSR count). The maximum Gasteiger partial charge on any atom is 0.183 e. The van der Waals surface area contributed by atoms with Crippen molar-refractivity contribution in [2.45, 2.75) is 26.1 Å². The van der Waals surface area contributed by atoms with Gasteiger partial charge in [-0.3, -0.25) is 0 Å². The van der Waals surface area contributed by atoms with Crippen molar-refractivity contribution >= 4 is 0 Å². The smallest absolute Gasteiger partial charge is 0.183 e. The molecule has 0 heterocycles. The predicted molar refractivity (Wildman–Crippen MR) is 21.9 cm³/mol. The molecule has 0 aliphatic heterocycles. The van der Waals surface area contributed by atoms with E-state index in [4.69, 9.17) is 5.73 Å². The normalized spacial score (nSPS) is 14.5. The fourth-order valence-electron chi connectivity index (χ4n) is 0.238. The maximum absolute atomic E-state index is 11.3. The lowest BCUT2D eigenvalue weighted by atomic mass is 10.3. The van der Waals surface area contributed by atoms with Crippen LogP contribution < -0.4 is 5.73 Å². The number of alkyl halides is 1. The molecule has 0 saturated carbocycles. The number of hydrogen-bond acceptors (Lipinski definition) is 0. The average molecular weight is 89.1 g/mol. The molecule has 0 bridgehead atoms. The highest BCUT2D eigenvalue weighted by molar-refractivity contribution is 4.38. The lowest BCUT2D eigenvalue weighted by molar-refractivity contribution is 0.311. The maximum atomic E-state index is 11.3. The van der Waals surface area contributed by atoms with Crippen LogP contribution in [-0.4, -0.2) is 6.30 Å². The van der Waals surface area contributed by atoms with Crippen LogP contribution in [0.4, 0.5) is 4.39 Å². The average Bonchev–Trinajstić information content (AvgIpc) is 1.35. The van der Waals surface area contributed by atoms with Gasteiger partial charge in [-0.15, -0.1) is 5.73 Å². The summed E-state index contributed by atoms with van der Waals surface area (Å²) >= 11 is 0. The van der Waals surface area contributed by atoms with Crippen molar-refractivity contribution < 1.29 is 4.39 Å². The minimum absolute atomic E-state index is 0.264. The second-order valence-electron chi connectivity index (χ2n) is 1.22. The van der Waals surface area contributed by atoms with E-state index in [-0.39, 0.29) is 6.42 Å². The van der Waals surface area contributed by atoms with E-state index in [1.807, 2.05) is 6.92 Å².